The Bertz CT molecular complexity index is 3300. The molecule has 0 radical (unpaired) electrons. The van der Waals surface area contributed by atoms with Crippen LogP contribution in [-0.2, 0) is 5.41 Å². The number of para-hydroxylation sites is 3. The molecule has 272 valence electrons. The van der Waals surface area contributed by atoms with E-state index in [4.69, 9.17) is 8.83 Å². The molecule has 1 aliphatic carbocycles. The topological polar surface area (TPSA) is 29.5 Å². The summed E-state index contributed by atoms with van der Waals surface area (Å²) in [6.45, 7) is 0. The molecule has 0 atom stereocenters. The zero-order valence-corrected chi connectivity index (χ0v) is 31.5. The highest BCUT2D eigenvalue weighted by Gasteiger charge is 2.46. The Morgan fingerprint density at radius 1 is 0.345 bits per heavy atom. The molecule has 0 fully saturated rings. The molecule has 11 aromatic rings. The van der Waals surface area contributed by atoms with Crippen molar-refractivity contribution in [2.75, 3.05) is 4.90 Å². The van der Waals surface area contributed by atoms with Gasteiger partial charge in [-0.1, -0.05) is 158 Å². The van der Waals surface area contributed by atoms with E-state index in [9.17, 15) is 0 Å². The van der Waals surface area contributed by atoms with Crippen molar-refractivity contribution >= 4 is 60.9 Å². The lowest BCUT2D eigenvalue weighted by Crippen LogP contribution is -2.28. The molecule has 58 heavy (non-hydrogen) atoms. The standard InChI is InChI=1S/C55H35NO2/c1-3-14-38(15-4-1)55(39-16-5-2-6-17-39)48-22-10-7-18-42(48)47-35-41(31-33-49(47)55)56(50-23-13-21-46-44-20-9-12-25-52(44)58-54(46)50)40-29-26-36(27-30-40)37-28-32-45-43-19-8-11-24-51(43)57-53(45)34-37/h1-35H. The van der Waals surface area contributed by atoms with E-state index < -0.39 is 5.41 Å². The van der Waals surface area contributed by atoms with Crippen molar-refractivity contribution in [2.45, 2.75) is 5.41 Å². The van der Waals surface area contributed by atoms with Crippen LogP contribution in [0.1, 0.15) is 22.3 Å². The third-order valence-electron chi connectivity index (χ3n) is 12.2. The fourth-order valence-corrected chi connectivity index (χ4v) is 9.62. The van der Waals surface area contributed by atoms with E-state index in [0.29, 0.717) is 0 Å². The summed E-state index contributed by atoms with van der Waals surface area (Å²) in [5.74, 6) is 0. The molecule has 2 aromatic heterocycles. The van der Waals surface area contributed by atoms with E-state index in [2.05, 4.69) is 199 Å². The van der Waals surface area contributed by atoms with E-state index in [1.807, 2.05) is 18.2 Å². The van der Waals surface area contributed by atoms with E-state index in [1.165, 1.54) is 33.4 Å². The van der Waals surface area contributed by atoms with Gasteiger partial charge in [0.25, 0.3) is 0 Å². The molecular weight excluding hydrogens is 707 g/mol. The third-order valence-corrected chi connectivity index (χ3v) is 12.2. The van der Waals surface area contributed by atoms with Crippen molar-refractivity contribution in [1.82, 2.24) is 0 Å². The molecule has 1 aliphatic rings. The lowest BCUT2D eigenvalue weighted by molar-refractivity contribution is 0.668. The molecule has 0 N–H and O–H groups in total. The van der Waals surface area contributed by atoms with E-state index in [-0.39, 0.29) is 0 Å². The first-order valence-corrected chi connectivity index (χ1v) is 19.8. The molecule has 0 saturated heterocycles. The van der Waals surface area contributed by atoms with Crippen LogP contribution in [0.15, 0.2) is 221 Å². The highest BCUT2D eigenvalue weighted by atomic mass is 16.3. The Morgan fingerprint density at radius 2 is 0.914 bits per heavy atom. The molecular formula is C55H35NO2. The first kappa shape index (κ1) is 32.6. The molecule has 0 aliphatic heterocycles. The zero-order chi connectivity index (χ0) is 38.2. The van der Waals surface area contributed by atoms with E-state index in [0.717, 1.165) is 72.1 Å². The van der Waals surface area contributed by atoms with Crippen LogP contribution >= 0.6 is 0 Å². The number of fused-ring (bicyclic) bond motifs is 9. The average Bonchev–Trinajstić information content (AvgIpc) is 3.96. The predicted molar refractivity (Wildman–Crippen MR) is 238 cm³/mol. The van der Waals surface area contributed by atoms with Gasteiger partial charge in [-0.2, -0.15) is 0 Å². The Kier molecular flexibility index (Phi) is 7.14. The molecule has 2 heterocycles. The van der Waals surface area contributed by atoms with Gasteiger partial charge in [0.15, 0.2) is 5.58 Å². The maximum absolute atomic E-state index is 6.71. The zero-order valence-electron chi connectivity index (χ0n) is 31.5. The highest BCUT2D eigenvalue weighted by molar-refractivity contribution is 6.10. The Labute approximate surface area is 335 Å². The first-order valence-electron chi connectivity index (χ1n) is 19.8. The van der Waals surface area contributed by atoms with Crippen molar-refractivity contribution in [3.8, 4) is 22.3 Å². The fraction of sp³-hybridized carbons (Fsp3) is 0.0182. The smallest absolute Gasteiger partial charge is 0.159 e. The number of nitrogens with zero attached hydrogens (tertiary/aromatic N) is 1. The molecule has 0 unspecified atom stereocenters. The second-order valence-corrected chi connectivity index (χ2v) is 15.2. The summed E-state index contributed by atoms with van der Waals surface area (Å²) in [4.78, 5) is 2.35. The van der Waals surface area contributed by atoms with Crippen molar-refractivity contribution in [3.05, 3.63) is 235 Å². The molecule has 9 aromatic carbocycles. The van der Waals surface area contributed by atoms with Gasteiger partial charge in [0.1, 0.15) is 16.7 Å². The van der Waals surface area contributed by atoms with Gasteiger partial charge in [0.05, 0.1) is 11.1 Å². The number of rotatable bonds is 6. The van der Waals surface area contributed by atoms with Crippen LogP contribution in [0, 0.1) is 0 Å². The second-order valence-electron chi connectivity index (χ2n) is 15.2. The average molecular weight is 742 g/mol. The third kappa shape index (κ3) is 4.74. The molecule has 0 spiro atoms. The minimum absolute atomic E-state index is 0.473. The van der Waals surface area contributed by atoms with Crippen molar-refractivity contribution in [1.29, 1.82) is 0 Å². The first-order chi connectivity index (χ1) is 28.8. The Morgan fingerprint density at radius 3 is 1.67 bits per heavy atom. The molecule has 12 rings (SSSR count). The van der Waals surface area contributed by atoms with Crippen LogP contribution < -0.4 is 4.90 Å². The minimum atomic E-state index is -0.473. The van der Waals surface area contributed by atoms with Crippen LogP contribution in [-0.4, -0.2) is 0 Å². The maximum atomic E-state index is 6.71. The van der Waals surface area contributed by atoms with Gasteiger partial charge in [-0.3, -0.25) is 0 Å². The summed E-state index contributed by atoms with van der Waals surface area (Å²) in [7, 11) is 0. The summed E-state index contributed by atoms with van der Waals surface area (Å²) in [5, 5.41) is 4.46. The summed E-state index contributed by atoms with van der Waals surface area (Å²) >= 11 is 0. The van der Waals surface area contributed by atoms with Gasteiger partial charge < -0.3 is 13.7 Å². The fourth-order valence-electron chi connectivity index (χ4n) is 9.62. The monoisotopic (exact) mass is 741 g/mol. The van der Waals surface area contributed by atoms with Crippen molar-refractivity contribution < 1.29 is 8.83 Å². The van der Waals surface area contributed by atoms with Gasteiger partial charge in [-0.05, 0) is 99.1 Å². The van der Waals surface area contributed by atoms with Crippen LogP contribution in [0.25, 0.3) is 66.1 Å². The van der Waals surface area contributed by atoms with Gasteiger partial charge in [0, 0.05) is 32.9 Å². The molecule has 0 bridgehead atoms. The molecule has 0 saturated carbocycles. The largest absolute Gasteiger partial charge is 0.456 e. The summed E-state index contributed by atoms with van der Waals surface area (Å²) < 4.78 is 13.0. The van der Waals surface area contributed by atoms with Gasteiger partial charge in [0.2, 0.25) is 0 Å². The second kappa shape index (κ2) is 12.7. The highest BCUT2D eigenvalue weighted by Crippen LogP contribution is 2.57. The van der Waals surface area contributed by atoms with Gasteiger partial charge in [-0.15, -0.1) is 0 Å². The molecule has 3 nitrogen and oxygen atoms in total. The van der Waals surface area contributed by atoms with Crippen molar-refractivity contribution in [3.63, 3.8) is 0 Å². The van der Waals surface area contributed by atoms with E-state index in [1.54, 1.807) is 0 Å². The molecule has 0 amide bonds. The van der Waals surface area contributed by atoms with Gasteiger partial charge >= 0.3 is 0 Å². The van der Waals surface area contributed by atoms with Crippen LogP contribution in [0.2, 0.25) is 0 Å². The molecule has 3 heteroatoms. The number of anilines is 3. The number of benzene rings is 9. The number of hydrogen-bond acceptors (Lipinski definition) is 3. The van der Waals surface area contributed by atoms with Gasteiger partial charge in [-0.25, -0.2) is 0 Å². The Hall–Kier alpha value is -7.62. The van der Waals surface area contributed by atoms with Crippen LogP contribution in [0.3, 0.4) is 0 Å². The quantitative estimate of drug-likeness (QED) is 0.170. The number of furan rings is 2. The maximum Gasteiger partial charge on any atom is 0.159 e. The SMILES string of the molecule is c1ccc(C2(c3ccccc3)c3ccccc3-c3cc(N(c4ccc(-c5ccc6c(c5)oc5ccccc56)cc4)c4cccc5c4oc4ccccc45)ccc32)cc1. The normalized spacial score (nSPS) is 13.0. The van der Waals surface area contributed by atoms with E-state index >= 15 is 0 Å². The van der Waals surface area contributed by atoms with Crippen LogP contribution in [0.4, 0.5) is 17.1 Å². The minimum Gasteiger partial charge on any atom is -0.456 e. The summed E-state index contributed by atoms with van der Waals surface area (Å²) in [5.41, 5.74) is 15.9. The summed E-state index contributed by atoms with van der Waals surface area (Å²) in [6, 6.07) is 76.3. The lowest BCUT2D eigenvalue weighted by atomic mass is 9.68. The predicted octanol–water partition coefficient (Wildman–Crippen LogP) is 15.0. The van der Waals surface area contributed by atoms with Crippen LogP contribution in [0.5, 0.6) is 0 Å². The Balaban J connectivity index is 1.06. The van der Waals surface area contributed by atoms with Crippen molar-refractivity contribution in [2.24, 2.45) is 0 Å². The summed E-state index contributed by atoms with van der Waals surface area (Å²) in [6.07, 6.45) is 0. The lowest BCUT2D eigenvalue weighted by Gasteiger charge is -2.34. The number of hydrogen-bond donors (Lipinski definition) is 0.